The van der Waals surface area contributed by atoms with Gasteiger partial charge < -0.3 is 0 Å². The van der Waals surface area contributed by atoms with Crippen LogP contribution < -0.4 is 0 Å². The van der Waals surface area contributed by atoms with Gasteiger partial charge in [0.25, 0.3) is 0 Å². The Morgan fingerprint density at radius 3 is 3.00 bits per heavy atom. The van der Waals surface area contributed by atoms with Crippen molar-refractivity contribution in [3.63, 3.8) is 0 Å². The van der Waals surface area contributed by atoms with Gasteiger partial charge in [-0.15, -0.1) is 0 Å². The van der Waals surface area contributed by atoms with Crippen LogP contribution in [-0.2, 0) is 0 Å². The lowest BCUT2D eigenvalue weighted by atomic mass is 10.1. The normalized spacial score (nSPS) is 20.5. The topological polar surface area (TPSA) is 12.9 Å². The van der Waals surface area contributed by atoms with E-state index in [2.05, 4.69) is 29.2 Å². The Morgan fingerprint density at radius 1 is 1.23 bits per heavy atom. The molecule has 0 saturated carbocycles. The van der Waals surface area contributed by atoms with Gasteiger partial charge in [-0.25, -0.2) is 0 Å². The minimum atomic E-state index is 0.730. The fourth-order valence-electron chi connectivity index (χ4n) is 1.64. The summed E-state index contributed by atoms with van der Waals surface area (Å²) >= 11 is 2.01. The third kappa shape index (κ3) is 1.22. The molecule has 1 atom stereocenters. The van der Waals surface area contributed by atoms with E-state index in [0.717, 1.165) is 10.8 Å². The van der Waals surface area contributed by atoms with Crippen LogP contribution >= 0.6 is 11.8 Å². The van der Waals surface area contributed by atoms with Gasteiger partial charge >= 0.3 is 0 Å². The molecule has 13 heavy (non-hydrogen) atoms. The maximum atomic E-state index is 4.34. The number of hydrogen-bond acceptors (Lipinski definition) is 2. The molecule has 0 N–H and O–H groups in total. The molecule has 0 bridgehead atoms. The Labute approximate surface area is 81.2 Å². The summed E-state index contributed by atoms with van der Waals surface area (Å²) in [7, 11) is 0. The summed E-state index contributed by atoms with van der Waals surface area (Å²) < 4.78 is 0. The van der Waals surface area contributed by atoms with Crippen molar-refractivity contribution in [2.75, 3.05) is 5.75 Å². The molecule has 1 nitrogen and oxygen atoms in total. The van der Waals surface area contributed by atoms with E-state index in [0.29, 0.717) is 0 Å². The van der Waals surface area contributed by atoms with Gasteiger partial charge in [-0.2, -0.15) is 11.8 Å². The monoisotopic (exact) mass is 187 g/mol. The molecule has 2 aromatic rings. The minimum Gasteiger partial charge on any atom is -0.256 e. The van der Waals surface area contributed by atoms with Crippen LogP contribution in [0.4, 0.5) is 0 Å². The molecule has 1 unspecified atom stereocenters. The Morgan fingerprint density at radius 2 is 2.15 bits per heavy atom. The first-order chi connectivity index (χ1) is 6.45. The molecule has 1 aromatic heterocycles. The van der Waals surface area contributed by atoms with Crippen LogP contribution in [0.25, 0.3) is 10.9 Å². The minimum absolute atomic E-state index is 0.730. The molecule has 0 radical (unpaired) electrons. The van der Waals surface area contributed by atoms with Crippen molar-refractivity contribution in [1.29, 1.82) is 0 Å². The van der Waals surface area contributed by atoms with Crippen molar-refractivity contribution in [2.45, 2.75) is 5.25 Å². The van der Waals surface area contributed by atoms with E-state index in [1.807, 2.05) is 24.0 Å². The number of fused-ring (bicyclic) bond motifs is 1. The molecule has 0 spiro atoms. The zero-order chi connectivity index (χ0) is 8.67. The zero-order valence-electron chi connectivity index (χ0n) is 7.10. The fraction of sp³-hybridized carbons (Fsp3) is 0.182. The molecule has 1 aliphatic rings. The largest absolute Gasteiger partial charge is 0.256 e. The summed E-state index contributed by atoms with van der Waals surface area (Å²) in [5.41, 5.74) is 2.57. The predicted molar refractivity (Wildman–Crippen MR) is 56.9 cm³/mol. The van der Waals surface area contributed by atoms with Crippen molar-refractivity contribution in [3.05, 3.63) is 42.1 Å². The summed E-state index contributed by atoms with van der Waals surface area (Å²) in [6.07, 6.45) is 1.85. The summed E-state index contributed by atoms with van der Waals surface area (Å²) in [5.74, 6) is 1.27. The summed E-state index contributed by atoms with van der Waals surface area (Å²) in [5, 5.41) is 2.05. The van der Waals surface area contributed by atoms with Crippen LogP contribution in [0.5, 0.6) is 0 Å². The lowest BCUT2D eigenvalue weighted by Gasteiger charge is -2.01. The molecule has 2 heteroatoms. The van der Waals surface area contributed by atoms with Crippen LogP contribution in [0, 0.1) is 0 Å². The summed E-state index contributed by atoms with van der Waals surface area (Å²) in [6, 6.07) is 10.6. The van der Waals surface area contributed by atoms with Gasteiger partial charge in [0.15, 0.2) is 0 Å². The second kappa shape index (κ2) is 2.74. The molecule has 2 heterocycles. The van der Waals surface area contributed by atoms with Gasteiger partial charge in [0.05, 0.1) is 5.52 Å². The smallest absolute Gasteiger partial charge is 0.0705 e. The van der Waals surface area contributed by atoms with Gasteiger partial charge in [-0.1, -0.05) is 18.2 Å². The van der Waals surface area contributed by atoms with Crippen molar-refractivity contribution >= 4 is 22.7 Å². The molecule has 0 amide bonds. The quantitative estimate of drug-likeness (QED) is 0.636. The van der Waals surface area contributed by atoms with E-state index in [1.165, 1.54) is 16.7 Å². The highest BCUT2D eigenvalue weighted by atomic mass is 32.2. The van der Waals surface area contributed by atoms with Crippen LogP contribution in [-0.4, -0.2) is 10.7 Å². The van der Waals surface area contributed by atoms with Crippen molar-refractivity contribution < 1.29 is 0 Å². The van der Waals surface area contributed by atoms with E-state index in [1.54, 1.807) is 0 Å². The van der Waals surface area contributed by atoms with Crippen molar-refractivity contribution in [2.24, 2.45) is 0 Å². The number of pyridine rings is 1. The molecule has 1 saturated heterocycles. The first kappa shape index (κ1) is 7.39. The van der Waals surface area contributed by atoms with Gasteiger partial charge in [0.1, 0.15) is 0 Å². The average molecular weight is 187 g/mol. The standard InChI is InChI=1S/C11H9NS/c1-3-9(11-7-13-11)8-4-2-6-12-10(8)5-1/h1-6,11H,7H2. The van der Waals surface area contributed by atoms with Gasteiger partial charge in [0.2, 0.25) is 0 Å². The fourth-order valence-corrected chi connectivity index (χ4v) is 2.30. The Balaban J connectivity index is 2.32. The van der Waals surface area contributed by atoms with E-state index in [9.17, 15) is 0 Å². The molecule has 1 aliphatic heterocycles. The number of rotatable bonds is 1. The maximum absolute atomic E-state index is 4.34. The number of aromatic nitrogens is 1. The predicted octanol–water partition coefficient (Wildman–Crippen LogP) is 3.02. The van der Waals surface area contributed by atoms with Crippen LogP contribution in [0.15, 0.2) is 36.5 Å². The van der Waals surface area contributed by atoms with E-state index < -0.39 is 0 Å². The Kier molecular flexibility index (Phi) is 1.56. The lowest BCUT2D eigenvalue weighted by Crippen LogP contribution is -1.84. The second-order valence-electron chi connectivity index (χ2n) is 3.24. The number of nitrogens with zero attached hydrogens (tertiary/aromatic N) is 1. The third-order valence-electron chi connectivity index (χ3n) is 2.36. The number of hydrogen-bond donors (Lipinski definition) is 0. The van der Waals surface area contributed by atoms with Crippen molar-refractivity contribution in [3.8, 4) is 0 Å². The average Bonchev–Trinajstić information content (AvgIpc) is 3.00. The highest BCUT2D eigenvalue weighted by Gasteiger charge is 2.25. The lowest BCUT2D eigenvalue weighted by molar-refractivity contribution is 1.25. The summed E-state index contributed by atoms with van der Waals surface area (Å²) in [4.78, 5) is 4.34. The van der Waals surface area contributed by atoms with Crippen LogP contribution in [0.3, 0.4) is 0 Å². The highest BCUT2D eigenvalue weighted by Crippen LogP contribution is 2.47. The molecule has 0 aliphatic carbocycles. The highest BCUT2D eigenvalue weighted by molar-refractivity contribution is 8.06. The van der Waals surface area contributed by atoms with Gasteiger partial charge in [0, 0.05) is 22.6 Å². The van der Waals surface area contributed by atoms with Gasteiger partial charge in [-0.3, -0.25) is 4.98 Å². The molecular formula is C11H9NS. The Hall–Kier alpha value is -1.02. The second-order valence-corrected chi connectivity index (χ2v) is 4.48. The van der Waals surface area contributed by atoms with Crippen LogP contribution in [0.2, 0.25) is 0 Å². The molecule has 1 fully saturated rings. The van der Waals surface area contributed by atoms with Crippen molar-refractivity contribution in [1.82, 2.24) is 4.98 Å². The summed E-state index contributed by atoms with van der Waals surface area (Å²) in [6.45, 7) is 0. The first-order valence-electron chi connectivity index (χ1n) is 4.40. The van der Waals surface area contributed by atoms with E-state index in [-0.39, 0.29) is 0 Å². The SMILES string of the molecule is c1cc(C2CS2)c2cccnc2c1. The van der Waals surface area contributed by atoms with E-state index >= 15 is 0 Å². The number of benzene rings is 1. The molecule has 64 valence electrons. The molecule has 1 aromatic carbocycles. The van der Waals surface area contributed by atoms with E-state index in [4.69, 9.17) is 0 Å². The third-order valence-corrected chi connectivity index (χ3v) is 3.28. The zero-order valence-corrected chi connectivity index (χ0v) is 7.92. The van der Waals surface area contributed by atoms with Crippen LogP contribution in [0.1, 0.15) is 10.8 Å². The molecule has 3 rings (SSSR count). The maximum Gasteiger partial charge on any atom is 0.0705 e. The Bertz CT molecular complexity index is 443. The molecular weight excluding hydrogens is 178 g/mol. The van der Waals surface area contributed by atoms with Gasteiger partial charge in [-0.05, 0) is 17.7 Å². The first-order valence-corrected chi connectivity index (χ1v) is 5.45. The number of thioether (sulfide) groups is 1.